The van der Waals surface area contributed by atoms with E-state index in [2.05, 4.69) is 156 Å². The fourth-order valence-corrected chi connectivity index (χ4v) is 9.21. The molecule has 11 rings (SSSR count). The lowest BCUT2D eigenvalue weighted by Crippen LogP contribution is -2.04. The molecule has 0 fully saturated rings. The SMILES string of the molecule is c1ccc(-c2nc(-n3c4ccccc4c4c5ccc6c7ccccc7sc6c5c5ccccc5c43)nc3ccc4ccccc4c23)cc1. The summed E-state index contributed by atoms with van der Waals surface area (Å²) in [4.78, 5) is 10.9. The highest BCUT2D eigenvalue weighted by molar-refractivity contribution is 7.26. The van der Waals surface area contributed by atoms with Crippen molar-refractivity contribution in [1.29, 1.82) is 0 Å². The second-order valence-corrected chi connectivity index (χ2v) is 13.6. The largest absolute Gasteiger partial charge is 0.277 e. The summed E-state index contributed by atoms with van der Waals surface area (Å²) in [6, 6.07) is 54.4. The Hall–Kier alpha value is -6.10. The third-order valence-electron chi connectivity index (χ3n) is 9.97. The molecule has 0 unspecified atom stereocenters. The summed E-state index contributed by atoms with van der Waals surface area (Å²) in [5.74, 6) is 0.676. The Bertz CT molecular complexity index is 3120. The van der Waals surface area contributed by atoms with Crippen molar-refractivity contribution in [3.63, 3.8) is 0 Å². The van der Waals surface area contributed by atoms with Gasteiger partial charge in [-0.15, -0.1) is 11.3 Å². The van der Waals surface area contributed by atoms with E-state index < -0.39 is 0 Å². The molecule has 0 amide bonds. The van der Waals surface area contributed by atoms with E-state index >= 15 is 0 Å². The Morgan fingerprint density at radius 3 is 2.00 bits per heavy atom. The maximum atomic E-state index is 5.48. The summed E-state index contributed by atoms with van der Waals surface area (Å²) >= 11 is 1.89. The molecule has 0 atom stereocenters. The van der Waals surface area contributed by atoms with E-state index in [-0.39, 0.29) is 0 Å². The van der Waals surface area contributed by atoms with Crippen LogP contribution in [-0.4, -0.2) is 14.5 Å². The summed E-state index contributed by atoms with van der Waals surface area (Å²) < 4.78 is 4.96. The molecule has 0 bridgehead atoms. The number of rotatable bonds is 2. The van der Waals surface area contributed by atoms with Crippen molar-refractivity contribution in [3.8, 4) is 17.2 Å². The molecule has 4 heteroatoms. The first kappa shape index (κ1) is 26.0. The lowest BCUT2D eigenvalue weighted by atomic mass is 9.95. The number of fused-ring (bicyclic) bond motifs is 15. The third-order valence-corrected chi connectivity index (χ3v) is 11.2. The minimum absolute atomic E-state index is 0.676. The maximum Gasteiger partial charge on any atom is 0.235 e. The molecular formula is C44H25N3S. The number of hydrogen-bond donors (Lipinski definition) is 0. The number of benzene rings is 8. The van der Waals surface area contributed by atoms with Crippen LogP contribution in [0.3, 0.4) is 0 Å². The Balaban J connectivity index is 1.35. The van der Waals surface area contributed by atoms with Gasteiger partial charge in [0.25, 0.3) is 0 Å². The standard InChI is InChI=1S/C44H25N3S/c1-2-13-27(14-3-1)41-40-28-15-5-4-12-26(28)22-25-35(40)45-44(46-41)47-36-20-10-8-19-33(36)38-34-24-23-32-29-16-9-11-21-37(29)48-43(32)39(34)30-17-6-7-18-31(30)42(38)47/h1-25H. The fraction of sp³-hybridized carbons (Fsp3) is 0. The van der Waals surface area contributed by atoms with Crippen LogP contribution in [0.4, 0.5) is 0 Å². The monoisotopic (exact) mass is 627 g/mol. The van der Waals surface area contributed by atoms with Gasteiger partial charge in [0.05, 0.1) is 22.2 Å². The van der Waals surface area contributed by atoms with Gasteiger partial charge in [0.2, 0.25) is 5.95 Å². The Morgan fingerprint density at radius 1 is 0.438 bits per heavy atom. The first-order valence-electron chi connectivity index (χ1n) is 16.3. The van der Waals surface area contributed by atoms with Crippen molar-refractivity contribution in [2.75, 3.05) is 0 Å². The summed E-state index contributed by atoms with van der Waals surface area (Å²) in [7, 11) is 0. The summed E-state index contributed by atoms with van der Waals surface area (Å²) in [5.41, 5.74) is 5.18. The van der Waals surface area contributed by atoms with Gasteiger partial charge in [-0.05, 0) is 39.7 Å². The van der Waals surface area contributed by atoms with Crippen molar-refractivity contribution in [1.82, 2.24) is 14.5 Å². The molecule has 3 aromatic heterocycles. The van der Waals surface area contributed by atoms with E-state index in [1.54, 1.807) is 0 Å². The molecule has 48 heavy (non-hydrogen) atoms. The molecule has 0 saturated carbocycles. The Kier molecular flexibility index (Phi) is 5.26. The lowest BCUT2D eigenvalue weighted by Gasteiger charge is -2.15. The van der Waals surface area contributed by atoms with Crippen molar-refractivity contribution >= 4 is 96.5 Å². The van der Waals surface area contributed by atoms with Gasteiger partial charge in [-0.25, -0.2) is 9.97 Å². The molecule has 0 spiro atoms. The molecule has 8 aromatic carbocycles. The molecule has 222 valence electrons. The molecule has 0 radical (unpaired) electrons. The van der Waals surface area contributed by atoms with Crippen LogP contribution in [-0.2, 0) is 0 Å². The minimum atomic E-state index is 0.676. The minimum Gasteiger partial charge on any atom is -0.277 e. The zero-order valence-corrected chi connectivity index (χ0v) is 26.5. The van der Waals surface area contributed by atoms with E-state index in [4.69, 9.17) is 9.97 Å². The molecule has 3 heterocycles. The maximum absolute atomic E-state index is 5.48. The highest BCUT2D eigenvalue weighted by Gasteiger charge is 2.23. The summed E-state index contributed by atoms with van der Waals surface area (Å²) in [5, 5.41) is 13.5. The smallest absolute Gasteiger partial charge is 0.235 e. The average Bonchev–Trinajstić information content (AvgIpc) is 3.71. The first-order chi connectivity index (χ1) is 23.8. The van der Waals surface area contributed by atoms with Crippen LogP contribution in [0.15, 0.2) is 152 Å². The van der Waals surface area contributed by atoms with Crippen molar-refractivity contribution in [2.45, 2.75) is 0 Å². The Morgan fingerprint density at radius 2 is 1.12 bits per heavy atom. The second kappa shape index (κ2) is 9.71. The van der Waals surface area contributed by atoms with Gasteiger partial charge < -0.3 is 0 Å². The summed E-state index contributed by atoms with van der Waals surface area (Å²) in [6.45, 7) is 0. The van der Waals surface area contributed by atoms with Gasteiger partial charge in [0.15, 0.2) is 0 Å². The van der Waals surface area contributed by atoms with Gasteiger partial charge in [-0.2, -0.15) is 0 Å². The molecule has 0 aliphatic carbocycles. The van der Waals surface area contributed by atoms with Gasteiger partial charge in [-0.1, -0.05) is 133 Å². The summed E-state index contributed by atoms with van der Waals surface area (Å²) in [6.07, 6.45) is 0. The van der Waals surface area contributed by atoms with Gasteiger partial charge in [-0.3, -0.25) is 4.57 Å². The molecule has 0 aliphatic rings. The molecular weight excluding hydrogens is 603 g/mol. The highest BCUT2D eigenvalue weighted by atomic mass is 32.1. The van der Waals surface area contributed by atoms with Crippen molar-refractivity contribution in [3.05, 3.63) is 152 Å². The van der Waals surface area contributed by atoms with Crippen LogP contribution in [0.25, 0.3) is 102 Å². The Labute approximate surface area is 278 Å². The zero-order valence-electron chi connectivity index (χ0n) is 25.7. The molecule has 0 N–H and O–H groups in total. The van der Waals surface area contributed by atoms with Gasteiger partial charge >= 0.3 is 0 Å². The normalized spacial score (nSPS) is 12.2. The molecule has 3 nitrogen and oxygen atoms in total. The number of hydrogen-bond acceptors (Lipinski definition) is 3. The van der Waals surface area contributed by atoms with Crippen LogP contribution in [0.2, 0.25) is 0 Å². The zero-order chi connectivity index (χ0) is 31.3. The van der Waals surface area contributed by atoms with Gasteiger partial charge in [0, 0.05) is 52.7 Å². The molecule has 0 saturated heterocycles. The lowest BCUT2D eigenvalue weighted by molar-refractivity contribution is 1.02. The quantitative estimate of drug-likeness (QED) is 0.179. The van der Waals surface area contributed by atoms with Crippen molar-refractivity contribution in [2.24, 2.45) is 0 Å². The topological polar surface area (TPSA) is 30.7 Å². The van der Waals surface area contributed by atoms with E-state index in [0.717, 1.165) is 38.6 Å². The number of thiophene rings is 1. The predicted molar refractivity (Wildman–Crippen MR) is 205 cm³/mol. The van der Waals surface area contributed by atoms with Crippen LogP contribution in [0.5, 0.6) is 0 Å². The number of aromatic nitrogens is 3. The van der Waals surface area contributed by atoms with Crippen LogP contribution < -0.4 is 0 Å². The van der Waals surface area contributed by atoms with E-state index in [1.807, 2.05) is 11.3 Å². The molecule has 0 aliphatic heterocycles. The van der Waals surface area contributed by atoms with Crippen LogP contribution in [0.1, 0.15) is 0 Å². The third kappa shape index (κ3) is 3.47. The van der Waals surface area contributed by atoms with E-state index in [9.17, 15) is 0 Å². The van der Waals surface area contributed by atoms with Crippen molar-refractivity contribution < 1.29 is 0 Å². The van der Waals surface area contributed by atoms with E-state index in [1.165, 1.54) is 57.9 Å². The second-order valence-electron chi connectivity index (χ2n) is 12.5. The predicted octanol–water partition coefficient (Wildman–Crippen LogP) is 12.2. The fourth-order valence-electron chi connectivity index (χ4n) is 7.94. The first-order valence-corrected chi connectivity index (χ1v) is 17.1. The van der Waals surface area contributed by atoms with Gasteiger partial charge in [0.1, 0.15) is 0 Å². The van der Waals surface area contributed by atoms with Crippen LogP contribution in [0, 0.1) is 0 Å². The van der Waals surface area contributed by atoms with E-state index in [0.29, 0.717) is 5.95 Å². The number of para-hydroxylation sites is 1. The van der Waals surface area contributed by atoms with Crippen LogP contribution >= 0.6 is 11.3 Å². The number of nitrogens with zero attached hydrogens (tertiary/aromatic N) is 3. The molecule has 11 aromatic rings. The average molecular weight is 628 g/mol. The highest BCUT2D eigenvalue weighted by Crippen LogP contribution is 2.47.